The summed E-state index contributed by atoms with van der Waals surface area (Å²) in [4.78, 5) is 4.09. The summed E-state index contributed by atoms with van der Waals surface area (Å²) < 4.78 is 5.38. The molecule has 1 aromatic rings. The molecule has 1 aliphatic rings. The van der Waals surface area contributed by atoms with Crippen LogP contribution in [0.2, 0.25) is 0 Å². The van der Waals surface area contributed by atoms with Crippen LogP contribution in [0.15, 0.2) is 12.1 Å². The van der Waals surface area contributed by atoms with Crippen molar-refractivity contribution in [1.29, 1.82) is 0 Å². The molecule has 1 aromatic heterocycles. The summed E-state index contributed by atoms with van der Waals surface area (Å²) in [6.07, 6.45) is 0. The summed E-state index contributed by atoms with van der Waals surface area (Å²) in [5.41, 5.74) is 6.59. The van der Waals surface area contributed by atoms with Gasteiger partial charge in [0.25, 0.3) is 0 Å². The molecule has 0 fully saturated rings. The van der Waals surface area contributed by atoms with Crippen LogP contribution in [0.5, 0.6) is 5.88 Å². The molecule has 0 saturated heterocycles. The number of hydrogen-bond acceptors (Lipinski definition) is 4. The summed E-state index contributed by atoms with van der Waals surface area (Å²) in [6.45, 7) is 2.32. The number of anilines is 1. The Balaban J connectivity index is 0.000000845. The van der Waals surface area contributed by atoms with Crippen LogP contribution >= 0.6 is 24.8 Å². The molecule has 0 unspecified atom stereocenters. The summed E-state index contributed by atoms with van der Waals surface area (Å²) in [5.74, 6) is 1.18. The van der Waals surface area contributed by atoms with Gasteiger partial charge in [0, 0.05) is 18.7 Å². The maximum absolute atomic E-state index is 5.52. The van der Waals surface area contributed by atoms with Crippen molar-refractivity contribution >= 4 is 30.6 Å². The third kappa shape index (κ3) is 2.90. The van der Waals surface area contributed by atoms with E-state index in [0.29, 0.717) is 18.3 Å². The number of aromatic nitrogens is 1. The monoisotopic (exact) mass is 237 g/mol. The predicted octanol–water partition coefficient (Wildman–Crippen LogP) is 0.989. The average Bonchev–Trinajstić information content (AvgIpc) is 2.28. The molecule has 14 heavy (non-hydrogen) atoms. The molecule has 80 valence electrons. The van der Waals surface area contributed by atoms with Crippen molar-refractivity contribution in [2.24, 2.45) is 0 Å². The number of rotatable bonds is 0. The van der Waals surface area contributed by atoms with Gasteiger partial charge in [-0.05, 0) is 12.1 Å². The molecule has 0 radical (unpaired) electrons. The van der Waals surface area contributed by atoms with Crippen molar-refractivity contribution < 1.29 is 4.74 Å². The van der Waals surface area contributed by atoms with Crippen molar-refractivity contribution in [2.75, 3.05) is 18.9 Å². The van der Waals surface area contributed by atoms with Crippen molar-refractivity contribution in [3.63, 3.8) is 0 Å². The van der Waals surface area contributed by atoms with Crippen molar-refractivity contribution in [2.45, 2.75) is 6.54 Å². The molecule has 0 bridgehead atoms. The minimum absolute atomic E-state index is 0. The largest absolute Gasteiger partial charge is 0.476 e. The molecular formula is C8H13Cl2N3O. The van der Waals surface area contributed by atoms with Crippen LogP contribution in [0.1, 0.15) is 5.56 Å². The molecule has 1 aliphatic heterocycles. The lowest BCUT2D eigenvalue weighted by atomic mass is 10.2. The smallest absolute Gasteiger partial charge is 0.219 e. The number of hydrogen-bond donors (Lipinski definition) is 2. The zero-order chi connectivity index (χ0) is 8.39. The number of nitrogens with two attached hydrogens (primary N) is 1. The number of nitrogen functional groups attached to an aromatic ring is 1. The normalized spacial score (nSPS) is 13.7. The first kappa shape index (κ1) is 13.3. The lowest BCUT2D eigenvalue weighted by Crippen LogP contribution is -2.16. The van der Waals surface area contributed by atoms with Crippen LogP contribution in [-0.4, -0.2) is 18.1 Å². The molecule has 0 aromatic carbocycles. The molecular weight excluding hydrogens is 225 g/mol. The lowest BCUT2D eigenvalue weighted by molar-refractivity contribution is 0.314. The zero-order valence-electron chi connectivity index (χ0n) is 7.53. The number of ether oxygens (including phenoxy) is 1. The van der Waals surface area contributed by atoms with Gasteiger partial charge in [-0.15, -0.1) is 24.8 Å². The van der Waals surface area contributed by atoms with Gasteiger partial charge in [0.05, 0.1) is 0 Å². The third-order valence-electron chi connectivity index (χ3n) is 1.79. The maximum Gasteiger partial charge on any atom is 0.219 e. The minimum Gasteiger partial charge on any atom is -0.476 e. The Morgan fingerprint density at radius 1 is 1.36 bits per heavy atom. The predicted molar refractivity (Wildman–Crippen MR) is 60.3 cm³/mol. The number of nitrogens with zero attached hydrogens (tertiary/aromatic N) is 1. The number of fused-ring (bicyclic) bond motifs is 1. The van der Waals surface area contributed by atoms with E-state index in [1.807, 2.05) is 6.07 Å². The zero-order valence-corrected chi connectivity index (χ0v) is 9.16. The van der Waals surface area contributed by atoms with Crippen LogP contribution in [0.4, 0.5) is 5.82 Å². The second-order valence-electron chi connectivity index (χ2n) is 2.73. The molecule has 0 amide bonds. The Morgan fingerprint density at radius 3 is 2.93 bits per heavy atom. The Bertz CT molecular complexity index is 296. The molecule has 2 heterocycles. The van der Waals surface area contributed by atoms with Crippen LogP contribution < -0.4 is 15.8 Å². The molecule has 4 nitrogen and oxygen atoms in total. The van der Waals surface area contributed by atoms with Gasteiger partial charge < -0.3 is 15.8 Å². The number of pyridine rings is 1. The summed E-state index contributed by atoms with van der Waals surface area (Å²) in [7, 11) is 0. The van der Waals surface area contributed by atoms with Gasteiger partial charge in [0.15, 0.2) is 0 Å². The maximum atomic E-state index is 5.52. The fourth-order valence-corrected chi connectivity index (χ4v) is 1.19. The summed E-state index contributed by atoms with van der Waals surface area (Å²) in [6, 6.07) is 3.73. The van der Waals surface area contributed by atoms with Crippen LogP contribution in [0.25, 0.3) is 0 Å². The average molecular weight is 238 g/mol. The number of halogens is 2. The highest BCUT2D eigenvalue weighted by Crippen LogP contribution is 2.18. The van der Waals surface area contributed by atoms with Gasteiger partial charge in [-0.25, -0.2) is 0 Å². The van der Waals surface area contributed by atoms with Crippen molar-refractivity contribution in [3.05, 3.63) is 17.7 Å². The van der Waals surface area contributed by atoms with Crippen LogP contribution in [-0.2, 0) is 6.54 Å². The van der Waals surface area contributed by atoms with Crippen LogP contribution in [0.3, 0.4) is 0 Å². The highest BCUT2D eigenvalue weighted by molar-refractivity contribution is 5.85. The van der Waals surface area contributed by atoms with E-state index in [9.17, 15) is 0 Å². The van der Waals surface area contributed by atoms with E-state index in [2.05, 4.69) is 10.3 Å². The molecule has 0 spiro atoms. The molecule has 6 heteroatoms. The quantitative estimate of drug-likeness (QED) is 0.707. The lowest BCUT2D eigenvalue weighted by Gasteiger charge is -2.04. The first-order valence-corrected chi connectivity index (χ1v) is 3.95. The van der Waals surface area contributed by atoms with E-state index < -0.39 is 0 Å². The Hall–Kier alpha value is -0.710. The highest BCUT2D eigenvalue weighted by Gasteiger charge is 2.08. The third-order valence-corrected chi connectivity index (χ3v) is 1.79. The van der Waals surface area contributed by atoms with Gasteiger partial charge in [0.2, 0.25) is 5.88 Å². The molecule has 3 N–H and O–H groups in total. The molecule has 2 rings (SSSR count). The van der Waals surface area contributed by atoms with Gasteiger partial charge in [-0.1, -0.05) is 0 Å². The first-order chi connectivity index (χ1) is 5.86. The van der Waals surface area contributed by atoms with Gasteiger partial charge in [-0.2, -0.15) is 4.98 Å². The molecule has 0 atom stereocenters. The van der Waals surface area contributed by atoms with Gasteiger partial charge in [0.1, 0.15) is 12.4 Å². The Kier molecular flexibility index (Phi) is 5.60. The standard InChI is InChI=1S/C8H11N3O.2ClH/c9-7-2-1-6-5-10-3-4-12-8(6)11-7;;/h1-2,10H,3-5H2,(H2,9,11);2*1H. The van der Waals surface area contributed by atoms with E-state index in [0.717, 1.165) is 18.7 Å². The molecule has 0 saturated carbocycles. The van der Waals surface area contributed by atoms with Crippen LogP contribution in [0, 0.1) is 0 Å². The van der Waals surface area contributed by atoms with E-state index in [1.54, 1.807) is 6.07 Å². The summed E-state index contributed by atoms with van der Waals surface area (Å²) in [5, 5.41) is 3.22. The van der Waals surface area contributed by atoms with E-state index in [4.69, 9.17) is 10.5 Å². The minimum atomic E-state index is 0. The van der Waals surface area contributed by atoms with E-state index in [1.165, 1.54) is 0 Å². The SMILES string of the molecule is Cl.Cl.Nc1ccc2c(n1)OCCNC2. The fraction of sp³-hybridized carbons (Fsp3) is 0.375. The van der Waals surface area contributed by atoms with E-state index in [-0.39, 0.29) is 24.8 Å². The topological polar surface area (TPSA) is 60.2 Å². The van der Waals surface area contributed by atoms with Gasteiger partial charge >= 0.3 is 0 Å². The first-order valence-electron chi connectivity index (χ1n) is 3.95. The van der Waals surface area contributed by atoms with Gasteiger partial charge in [-0.3, -0.25) is 0 Å². The Morgan fingerprint density at radius 2 is 2.14 bits per heavy atom. The van der Waals surface area contributed by atoms with E-state index >= 15 is 0 Å². The fourth-order valence-electron chi connectivity index (χ4n) is 1.19. The highest BCUT2D eigenvalue weighted by atomic mass is 35.5. The second kappa shape index (κ2) is 5.90. The Labute approximate surface area is 95.0 Å². The van der Waals surface area contributed by atoms with Crippen molar-refractivity contribution in [3.8, 4) is 5.88 Å². The molecule has 0 aliphatic carbocycles. The second-order valence-corrected chi connectivity index (χ2v) is 2.73. The van der Waals surface area contributed by atoms with Crippen molar-refractivity contribution in [1.82, 2.24) is 10.3 Å². The number of nitrogens with one attached hydrogen (secondary N) is 1. The summed E-state index contributed by atoms with van der Waals surface area (Å²) >= 11 is 0.